The van der Waals surface area contributed by atoms with Gasteiger partial charge in [-0.15, -0.1) is 0 Å². The molecule has 0 fully saturated rings. The Morgan fingerprint density at radius 2 is 2.11 bits per heavy atom. The number of hydrogen-bond donors (Lipinski definition) is 1. The van der Waals surface area contributed by atoms with Crippen molar-refractivity contribution in [1.82, 2.24) is 4.31 Å². The number of nitrogens with zero attached hydrogens (tertiary/aromatic N) is 1. The van der Waals surface area contributed by atoms with Gasteiger partial charge in [0.05, 0.1) is 12.3 Å². The van der Waals surface area contributed by atoms with Crippen molar-refractivity contribution < 1.29 is 22.7 Å². The average molecular weight is 284 g/mol. The van der Waals surface area contributed by atoms with E-state index in [-0.39, 0.29) is 17.2 Å². The first kappa shape index (κ1) is 13.3. The van der Waals surface area contributed by atoms with Crippen LogP contribution in [0.15, 0.2) is 29.2 Å². The summed E-state index contributed by atoms with van der Waals surface area (Å²) in [5.74, 6) is -0.596. The summed E-state index contributed by atoms with van der Waals surface area (Å²) in [5, 5.41) is 2.44. The van der Waals surface area contributed by atoms with E-state index < -0.39 is 28.6 Å². The molecule has 0 unspecified atom stereocenters. The summed E-state index contributed by atoms with van der Waals surface area (Å²) in [6, 6.07) is 5.88. The van der Waals surface area contributed by atoms with Crippen molar-refractivity contribution in [2.24, 2.45) is 0 Å². The van der Waals surface area contributed by atoms with Gasteiger partial charge in [0.2, 0.25) is 5.91 Å². The van der Waals surface area contributed by atoms with Gasteiger partial charge in [-0.05, 0) is 19.1 Å². The molecule has 1 aromatic rings. The Labute approximate surface area is 110 Å². The topological polar surface area (TPSA) is 92.8 Å². The number of carbonyl (C=O) groups is 2. The lowest BCUT2D eigenvalue weighted by atomic mass is 10.3. The molecule has 0 bridgehead atoms. The number of sulfonamides is 1. The van der Waals surface area contributed by atoms with Gasteiger partial charge in [-0.3, -0.25) is 4.79 Å². The van der Waals surface area contributed by atoms with Crippen LogP contribution in [0, 0.1) is 0 Å². The van der Waals surface area contributed by atoms with Crippen molar-refractivity contribution in [3.8, 4) is 0 Å². The fraction of sp³-hybridized carbons (Fsp3) is 0.273. The molecule has 19 heavy (non-hydrogen) atoms. The van der Waals surface area contributed by atoms with Gasteiger partial charge in [0.1, 0.15) is 11.4 Å². The zero-order valence-corrected chi connectivity index (χ0v) is 10.9. The summed E-state index contributed by atoms with van der Waals surface area (Å²) in [6.45, 7) is 0.973. The second-order valence-corrected chi connectivity index (χ2v) is 5.59. The molecule has 0 saturated heterocycles. The third kappa shape index (κ3) is 2.39. The Bertz CT molecular complexity index is 626. The molecule has 2 rings (SSSR count). The highest BCUT2D eigenvalue weighted by atomic mass is 32.2. The lowest BCUT2D eigenvalue weighted by Crippen LogP contribution is -2.40. The van der Waals surface area contributed by atoms with E-state index in [2.05, 4.69) is 10.1 Å². The van der Waals surface area contributed by atoms with Gasteiger partial charge in [-0.2, -0.15) is 4.31 Å². The maximum Gasteiger partial charge on any atom is 0.424 e. The van der Waals surface area contributed by atoms with E-state index in [1.165, 1.54) is 18.2 Å². The van der Waals surface area contributed by atoms with Gasteiger partial charge in [0.25, 0.3) is 10.0 Å². The number of benzene rings is 1. The largest absolute Gasteiger partial charge is 0.449 e. The number of rotatable bonds is 1. The van der Waals surface area contributed by atoms with Gasteiger partial charge in [0.15, 0.2) is 0 Å². The van der Waals surface area contributed by atoms with Crippen molar-refractivity contribution in [3.63, 3.8) is 0 Å². The van der Waals surface area contributed by atoms with Crippen LogP contribution in [-0.4, -0.2) is 37.9 Å². The number of ether oxygens (including phenoxy) is 1. The minimum absolute atomic E-state index is 0.0219. The summed E-state index contributed by atoms with van der Waals surface area (Å²) in [6.07, 6.45) is -1.06. The highest BCUT2D eigenvalue weighted by Gasteiger charge is 2.36. The van der Waals surface area contributed by atoms with E-state index in [0.29, 0.717) is 4.31 Å². The van der Waals surface area contributed by atoms with Crippen molar-refractivity contribution >= 4 is 27.7 Å². The number of carbonyl (C=O) groups excluding carboxylic acids is 2. The van der Waals surface area contributed by atoms with E-state index in [9.17, 15) is 18.0 Å². The van der Waals surface area contributed by atoms with Gasteiger partial charge >= 0.3 is 6.09 Å². The van der Waals surface area contributed by atoms with Crippen LogP contribution in [0.5, 0.6) is 0 Å². The predicted octanol–water partition coefficient (Wildman–Crippen LogP) is 0.786. The first-order valence-corrected chi connectivity index (χ1v) is 6.99. The molecule has 1 aliphatic heterocycles. The molecule has 8 heteroatoms. The maximum atomic E-state index is 12.3. The highest BCUT2D eigenvalue weighted by Crippen LogP contribution is 2.27. The van der Waals surface area contributed by atoms with Crippen LogP contribution < -0.4 is 5.32 Å². The summed E-state index contributed by atoms with van der Waals surface area (Å²) in [7, 11) is -4.10. The van der Waals surface area contributed by atoms with E-state index in [4.69, 9.17) is 0 Å². The van der Waals surface area contributed by atoms with E-state index in [1.807, 2.05) is 0 Å². The molecule has 0 saturated carbocycles. The van der Waals surface area contributed by atoms with E-state index >= 15 is 0 Å². The van der Waals surface area contributed by atoms with Crippen molar-refractivity contribution in [3.05, 3.63) is 24.3 Å². The molecule has 1 N–H and O–H groups in total. The second kappa shape index (κ2) is 4.88. The summed E-state index contributed by atoms with van der Waals surface area (Å²) in [5.41, 5.74) is 0.152. The third-order valence-electron chi connectivity index (χ3n) is 2.49. The van der Waals surface area contributed by atoms with Crippen molar-refractivity contribution in [2.45, 2.75) is 11.8 Å². The molecular formula is C11H12N2O5S. The molecule has 0 aromatic heterocycles. The van der Waals surface area contributed by atoms with Gasteiger partial charge < -0.3 is 10.1 Å². The van der Waals surface area contributed by atoms with Crippen LogP contribution in [0.4, 0.5) is 10.5 Å². The molecule has 1 aliphatic rings. The molecule has 0 spiro atoms. The standard InChI is InChI=1S/C11H12N2O5S/c1-2-18-11(15)13-7-10(14)12-8-5-3-4-6-9(8)19(13,16)17/h3-6H,2,7H2,1H3,(H,12,14). The molecular weight excluding hydrogens is 272 g/mol. The van der Waals surface area contributed by atoms with Gasteiger partial charge in [-0.1, -0.05) is 12.1 Å². The van der Waals surface area contributed by atoms with Crippen LogP contribution in [0.25, 0.3) is 0 Å². The molecule has 1 aromatic carbocycles. The fourth-order valence-corrected chi connectivity index (χ4v) is 3.10. The number of para-hydroxylation sites is 1. The van der Waals surface area contributed by atoms with Crippen molar-refractivity contribution in [1.29, 1.82) is 0 Å². The SMILES string of the molecule is CCOC(=O)N1CC(=O)Nc2ccccc2S1(=O)=O. The molecule has 7 nitrogen and oxygen atoms in total. The fourth-order valence-electron chi connectivity index (χ4n) is 1.68. The summed E-state index contributed by atoms with van der Waals surface area (Å²) < 4.78 is 29.7. The third-order valence-corrected chi connectivity index (χ3v) is 4.26. The average Bonchev–Trinajstić information content (AvgIpc) is 2.45. The smallest absolute Gasteiger partial charge is 0.424 e. The van der Waals surface area contributed by atoms with E-state index in [1.54, 1.807) is 13.0 Å². The zero-order valence-electron chi connectivity index (χ0n) is 10.1. The van der Waals surface area contributed by atoms with Gasteiger partial charge in [-0.25, -0.2) is 13.2 Å². The minimum Gasteiger partial charge on any atom is -0.449 e. The minimum atomic E-state index is -4.10. The molecule has 0 atom stereocenters. The maximum absolute atomic E-state index is 12.3. The normalized spacial score (nSPS) is 17.1. The Balaban J connectivity index is 2.54. The summed E-state index contributed by atoms with van der Waals surface area (Å²) >= 11 is 0. The number of hydrogen-bond acceptors (Lipinski definition) is 5. The molecule has 2 amide bonds. The number of anilines is 1. The Kier molecular flexibility index (Phi) is 3.43. The summed E-state index contributed by atoms with van der Waals surface area (Å²) in [4.78, 5) is 23.2. The Morgan fingerprint density at radius 3 is 2.79 bits per heavy atom. The lowest BCUT2D eigenvalue weighted by Gasteiger charge is -2.18. The zero-order chi connectivity index (χ0) is 14.0. The Hall–Kier alpha value is -2.09. The quantitative estimate of drug-likeness (QED) is 0.822. The van der Waals surface area contributed by atoms with Crippen LogP contribution in [0.3, 0.4) is 0 Å². The second-order valence-electron chi connectivity index (χ2n) is 3.75. The lowest BCUT2D eigenvalue weighted by molar-refractivity contribution is -0.116. The first-order chi connectivity index (χ1) is 8.96. The number of amides is 2. The molecule has 0 aliphatic carbocycles. The number of fused-ring (bicyclic) bond motifs is 1. The number of nitrogens with one attached hydrogen (secondary N) is 1. The van der Waals surface area contributed by atoms with Crippen molar-refractivity contribution in [2.75, 3.05) is 18.5 Å². The van der Waals surface area contributed by atoms with Crippen LogP contribution >= 0.6 is 0 Å². The van der Waals surface area contributed by atoms with Crippen LogP contribution in [0.2, 0.25) is 0 Å². The van der Waals surface area contributed by atoms with Crippen LogP contribution in [-0.2, 0) is 19.6 Å². The van der Waals surface area contributed by atoms with E-state index in [0.717, 1.165) is 0 Å². The first-order valence-electron chi connectivity index (χ1n) is 5.55. The predicted molar refractivity (Wildman–Crippen MR) is 66.0 cm³/mol. The van der Waals surface area contributed by atoms with Crippen LogP contribution in [0.1, 0.15) is 6.92 Å². The van der Waals surface area contributed by atoms with Gasteiger partial charge in [0, 0.05) is 0 Å². The molecule has 1 heterocycles. The monoisotopic (exact) mass is 284 g/mol. The molecule has 102 valence electrons. The molecule has 0 radical (unpaired) electrons. The Morgan fingerprint density at radius 1 is 1.42 bits per heavy atom. The highest BCUT2D eigenvalue weighted by molar-refractivity contribution is 7.89.